The standard InChI is InChI=1S/C20H20N2O5/c1-24-16-10-14(11-17(12-16)25-2)8-9-19(23)26-13-18-21-22-20(27-18)15-6-4-3-5-7-15/h3-7,10-12H,8-9,13H2,1-2H3. The van der Waals surface area contributed by atoms with E-state index in [-0.39, 0.29) is 24.9 Å². The third-order valence-corrected chi connectivity index (χ3v) is 3.87. The second kappa shape index (κ2) is 8.84. The molecule has 27 heavy (non-hydrogen) atoms. The number of ether oxygens (including phenoxy) is 3. The minimum absolute atomic E-state index is 0.0555. The molecule has 0 bridgehead atoms. The molecule has 0 aliphatic rings. The van der Waals surface area contributed by atoms with Gasteiger partial charge in [-0.05, 0) is 36.2 Å². The number of aryl methyl sites for hydroxylation is 1. The third-order valence-electron chi connectivity index (χ3n) is 3.87. The third kappa shape index (κ3) is 5.07. The molecule has 2 aromatic carbocycles. The Bertz CT molecular complexity index is 870. The van der Waals surface area contributed by atoms with Crippen molar-refractivity contribution < 1.29 is 23.4 Å². The van der Waals surface area contributed by atoms with Crippen molar-refractivity contribution in [3.05, 3.63) is 60.0 Å². The average molecular weight is 368 g/mol. The molecule has 3 rings (SSSR count). The fraction of sp³-hybridized carbons (Fsp3) is 0.250. The van der Waals surface area contributed by atoms with E-state index in [1.54, 1.807) is 20.3 Å². The summed E-state index contributed by atoms with van der Waals surface area (Å²) in [5.74, 6) is 1.65. The maximum atomic E-state index is 12.0. The summed E-state index contributed by atoms with van der Waals surface area (Å²) in [6.45, 7) is -0.0555. The zero-order valence-electron chi connectivity index (χ0n) is 15.2. The molecule has 0 saturated heterocycles. The van der Waals surface area contributed by atoms with Crippen LogP contribution in [-0.2, 0) is 22.6 Å². The van der Waals surface area contributed by atoms with E-state index >= 15 is 0 Å². The van der Waals surface area contributed by atoms with Crippen LogP contribution >= 0.6 is 0 Å². The first kappa shape index (κ1) is 18.4. The summed E-state index contributed by atoms with van der Waals surface area (Å²) in [4.78, 5) is 12.0. The van der Waals surface area contributed by atoms with Crippen LogP contribution in [0.4, 0.5) is 0 Å². The van der Waals surface area contributed by atoms with E-state index in [0.29, 0.717) is 23.8 Å². The van der Waals surface area contributed by atoms with Gasteiger partial charge >= 0.3 is 5.97 Å². The van der Waals surface area contributed by atoms with Crippen LogP contribution in [0.25, 0.3) is 11.5 Å². The van der Waals surface area contributed by atoms with Gasteiger partial charge in [0.15, 0.2) is 6.61 Å². The minimum atomic E-state index is -0.351. The number of benzene rings is 2. The Morgan fingerprint density at radius 1 is 1.00 bits per heavy atom. The highest BCUT2D eigenvalue weighted by atomic mass is 16.5. The molecule has 140 valence electrons. The first-order valence-electron chi connectivity index (χ1n) is 8.43. The van der Waals surface area contributed by atoms with Crippen LogP contribution in [-0.4, -0.2) is 30.4 Å². The van der Waals surface area contributed by atoms with E-state index in [2.05, 4.69) is 10.2 Å². The molecule has 0 aliphatic carbocycles. The lowest BCUT2D eigenvalue weighted by Gasteiger charge is -2.08. The molecule has 0 amide bonds. The summed E-state index contributed by atoms with van der Waals surface area (Å²) >= 11 is 0. The zero-order chi connectivity index (χ0) is 19.1. The van der Waals surface area contributed by atoms with Crippen molar-refractivity contribution in [1.82, 2.24) is 10.2 Å². The first-order valence-corrected chi connectivity index (χ1v) is 8.43. The number of nitrogens with zero attached hydrogens (tertiary/aromatic N) is 2. The molecule has 7 heteroatoms. The van der Waals surface area contributed by atoms with Gasteiger partial charge in [0, 0.05) is 18.1 Å². The van der Waals surface area contributed by atoms with Crippen LogP contribution in [0.2, 0.25) is 0 Å². The predicted molar refractivity (Wildman–Crippen MR) is 97.4 cm³/mol. The van der Waals surface area contributed by atoms with E-state index < -0.39 is 0 Å². The van der Waals surface area contributed by atoms with Gasteiger partial charge in [0.05, 0.1) is 14.2 Å². The molecule has 0 N–H and O–H groups in total. The molecule has 0 aliphatic heterocycles. The van der Waals surface area contributed by atoms with Crippen LogP contribution in [0.1, 0.15) is 17.9 Å². The molecule has 7 nitrogen and oxygen atoms in total. The Kier molecular flexibility index (Phi) is 6.04. The van der Waals surface area contributed by atoms with E-state index in [1.807, 2.05) is 42.5 Å². The second-order valence-electron chi connectivity index (χ2n) is 5.75. The van der Waals surface area contributed by atoms with Gasteiger partial charge in [-0.2, -0.15) is 0 Å². The zero-order valence-corrected chi connectivity index (χ0v) is 15.2. The molecule has 0 spiro atoms. The number of aromatic nitrogens is 2. The smallest absolute Gasteiger partial charge is 0.306 e. The van der Waals surface area contributed by atoms with Gasteiger partial charge in [0.1, 0.15) is 11.5 Å². The van der Waals surface area contributed by atoms with E-state index in [4.69, 9.17) is 18.6 Å². The summed E-state index contributed by atoms with van der Waals surface area (Å²) in [6.07, 6.45) is 0.724. The van der Waals surface area contributed by atoms with Crippen molar-refractivity contribution >= 4 is 5.97 Å². The maximum Gasteiger partial charge on any atom is 0.306 e. The molecule has 0 saturated carbocycles. The summed E-state index contributed by atoms with van der Waals surface area (Å²) < 4.78 is 21.2. The molecule has 0 unspecified atom stereocenters. The van der Waals surface area contributed by atoms with Crippen molar-refractivity contribution in [3.63, 3.8) is 0 Å². The number of hydrogen-bond donors (Lipinski definition) is 0. The lowest BCUT2D eigenvalue weighted by atomic mass is 10.1. The predicted octanol–water partition coefficient (Wildman–Crippen LogP) is 3.43. The van der Waals surface area contributed by atoms with Crippen LogP contribution in [0.15, 0.2) is 52.9 Å². The summed E-state index contributed by atoms with van der Waals surface area (Å²) in [7, 11) is 3.17. The van der Waals surface area contributed by atoms with Crippen molar-refractivity contribution in [2.75, 3.05) is 14.2 Å². The Balaban J connectivity index is 1.51. The summed E-state index contributed by atoms with van der Waals surface area (Å²) in [5, 5.41) is 7.86. The number of hydrogen-bond acceptors (Lipinski definition) is 7. The number of methoxy groups -OCH3 is 2. The van der Waals surface area contributed by atoms with E-state index in [0.717, 1.165) is 11.1 Å². The normalized spacial score (nSPS) is 10.4. The highest BCUT2D eigenvalue weighted by Gasteiger charge is 2.11. The fourth-order valence-electron chi connectivity index (χ4n) is 2.48. The van der Waals surface area contributed by atoms with Gasteiger partial charge in [-0.1, -0.05) is 18.2 Å². The lowest BCUT2D eigenvalue weighted by Crippen LogP contribution is -2.06. The number of esters is 1. The van der Waals surface area contributed by atoms with Gasteiger partial charge in [0.25, 0.3) is 5.89 Å². The minimum Gasteiger partial charge on any atom is -0.497 e. The fourth-order valence-corrected chi connectivity index (χ4v) is 2.48. The van der Waals surface area contributed by atoms with Gasteiger partial charge in [-0.15, -0.1) is 10.2 Å². The Morgan fingerprint density at radius 3 is 2.37 bits per heavy atom. The van der Waals surface area contributed by atoms with Crippen molar-refractivity contribution in [1.29, 1.82) is 0 Å². The summed E-state index contributed by atoms with van der Waals surface area (Å²) in [6, 6.07) is 14.9. The van der Waals surface area contributed by atoms with Crippen LogP contribution in [0.5, 0.6) is 11.5 Å². The monoisotopic (exact) mass is 368 g/mol. The van der Waals surface area contributed by atoms with Gasteiger partial charge in [-0.25, -0.2) is 0 Å². The first-order chi connectivity index (χ1) is 13.2. The van der Waals surface area contributed by atoms with Gasteiger partial charge in [-0.3, -0.25) is 4.79 Å². The Labute approximate surface area is 156 Å². The van der Waals surface area contributed by atoms with Crippen molar-refractivity contribution in [2.45, 2.75) is 19.4 Å². The molecule has 0 fully saturated rings. The lowest BCUT2D eigenvalue weighted by molar-refractivity contribution is -0.145. The number of rotatable bonds is 8. The van der Waals surface area contributed by atoms with Crippen molar-refractivity contribution in [3.8, 4) is 23.0 Å². The largest absolute Gasteiger partial charge is 0.497 e. The SMILES string of the molecule is COc1cc(CCC(=O)OCc2nnc(-c3ccccc3)o2)cc(OC)c1. The van der Waals surface area contributed by atoms with Crippen LogP contribution in [0, 0.1) is 0 Å². The second-order valence-corrected chi connectivity index (χ2v) is 5.75. The molecular formula is C20H20N2O5. The molecule has 0 atom stereocenters. The van der Waals surface area contributed by atoms with Gasteiger partial charge in [0.2, 0.25) is 5.89 Å². The highest BCUT2D eigenvalue weighted by molar-refractivity contribution is 5.69. The Hall–Kier alpha value is -3.35. The number of carbonyl (C=O) groups excluding carboxylic acids is 1. The Morgan fingerprint density at radius 2 is 1.70 bits per heavy atom. The number of carbonyl (C=O) groups is 1. The van der Waals surface area contributed by atoms with Crippen LogP contribution in [0.3, 0.4) is 0 Å². The topological polar surface area (TPSA) is 83.7 Å². The molecular weight excluding hydrogens is 348 g/mol. The molecule has 3 aromatic rings. The highest BCUT2D eigenvalue weighted by Crippen LogP contribution is 2.23. The van der Waals surface area contributed by atoms with E-state index in [1.165, 1.54) is 0 Å². The van der Waals surface area contributed by atoms with Gasteiger partial charge < -0.3 is 18.6 Å². The molecule has 1 aromatic heterocycles. The van der Waals surface area contributed by atoms with Crippen LogP contribution < -0.4 is 9.47 Å². The maximum absolute atomic E-state index is 12.0. The molecule has 0 radical (unpaired) electrons. The molecule has 1 heterocycles. The quantitative estimate of drug-likeness (QED) is 0.563. The average Bonchev–Trinajstić information content (AvgIpc) is 3.20. The van der Waals surface area contributed by atoms with Crippen molar-refractivity contribution in [2.24, 2.45) is 0 Å². The van der Waals surface area contributed by atoms with E-state index in [9.17, 15) is 4.79 Å². The summed E-state index contributed by atoms with van der Waals surface area (Å²) in [5.41, 5.74) is 1.74.